The lowest BCUT2D eigenvalue weighted by atomic mass is 10.3. The van der Waals surface area contributed by atoms with Gasteiger partial charge in [-0.3, -0.25) is 4.79 Å². The van der Waals surface area contributed by atoms with Crippen LogP contribution in [-0.2, 0) is 17.8 Å². The first-order valence-corrected chi connectivity index (χ1v) is 9.10. The second-order valence-corrected chi connectivity index (χ2v) is 6.95. The number of amides is 1. The average molecular weight is 393 g/mol. The van der Waals surface area contributed by atoms with Crippen molar-refractivity contribution in [3.8, 4) is 5.75 Å². The maximum Gasteiger partial charge on any atom is 0.231 e. The number of nitrogens with zero attached hydrogens (tertiary/aromatic N) is 1. The fraction of sp³-hybridized carbons (Fsp3) is 0.111. The number of thiazole rings is 1. The van der Waals surface area contributed by atoms with Crippen molar-refractivity contribution in [3.63, 3.8) is 0 Å². The van der Waals surface area contributed by atoms with Crippen LogP contribution in [0.25, 0.3) is 0 Å². The van der Waals surface area contributed by atoms with Crippen LogP contribution in [0.3, 0.4) is 0 Å². The minimum absolute atomic E-state index is 0.0995. The van der Waals surface area contributed by atoms with Gasteiger partial charge < -0.3 is 10.1 Å². The lowest BCUT2D eigenvalue weighted by Gasteiger charge is -2.05. The van der Waals surface area contributed by atoms with Crippen LogP contribution in [0.1, 0.15) is 10.7 Å². The van der Waals surface area contributed by atoms with Gasteiger partial charge in [0.1, 0.15) is 17.4 Å². The predicted molar refractivity (Wildman–Crippen MR) is 102 cm³/mol. The van der Waals surface area contributed by atoms with Crippen LogP contribution in [-0.4, -0.2) is 10.9 Å². The molecule has 0 atom stereocenters. The number of carbonyl (C=O) groups is 1. The van der Waals surface area contributed by atoms with Gasteiger partial charge in [-0.2, -0.15) is 0 Å². The molecule has 0 aliphatic carbocycles. The number of hydrogen-bond acceptors (Lipinski definition) is 4. The lowest BCUT2D eigenvalue weighted by Crippen LogP contribution is -2.14. The minimum Gasteiger partial charge on any atom is -0.487 e. The molecular formula is C18H14Cl2N2O2S. The van der Waals surface area contributed by atoms with Crippen molar-refractivity contribution in [2.24, 2.45) is 0 Å². The molecular weight excluding hydrogens is 379 g/mol. The first-order chi connectivity index (χ1) is 12.1. The smallest absolute Gasteiger partial charge is 0.231 e. The number of hydrogen-bond donors (Lipinski definition) is 1. The molecule has 25 heavy (non-hydrogen) atoms. The third-order valence-corrected chi connectivity index (χ3v) is 4.88. The standard InChI is InChI=1S/C18H14Cl2N2O2S/c19-15-7-6-14(8-16(15)20)24-10-13-11-25-18(22-13)9-17(23)21-12-4-2-1-3-5-12/h1-8,11H,9-10H2,(H,21,23). The second kappa shape index (κ2) is 8.34. The topological polar surface area (TPSA) is 51.2 Å². The Morgan fingerprint density at radius 3 is 2.68 bits per heavy atom. The molecule has 2 aromatic carbocycles. The van der Waals surface area contributed by atoms with Crippen molar-refractivity contribution in [1.82, 2.24) is 4.98 Å². The van der Waals surface area contributed by atoms with Crippen molar-refractivity contribution in [3.05, 3.63) is 74.7 Å². The summed E-state index contributed by atoms with van der Waals surface area (Å²) in [6.07, 6.45) is 0.229. The Balaban J connectivity index is 1.53. The maximum atomic E-state index is 12.0. The highest BCUT2D eigenvalue weighted by Crippen LogP contribution is 2.26. The molecule has 0 saturated carbocycles. The van der Waals surface area contributed by atoms with Crippen molar-refractivity contribution < 1.29 is 9.53 Å². The molecule has 4 nitrogen and oxygen atoms in total. The maximum absolute atomic E-state index is 12.0. The van der Waals surface area contributed by atoms with E-state index in [1.54, 1.807) is 18.2 Å². The Hall–Kier alpha value is -2.08. The van der Waals surface area contributed by atoms with Crippen molar-refractivity contribution >= 4 is 46.1 Å². The van der Waals surface area contributed by atoms with Gasteiger partial charge in [0.2, 0.25) is 5.91 Å². The van der Waals surface area contributed by atoms with Crippen LogP contribution in [0.2, 0.25) is 10.0 Å². The van der Waals surface area contributed by atoms with Gasteiger partial charge in [-0.15, -0.1) is 11.3 Å². The van der Waals surface area contributed by atoms with E-state index in [9.17, 15) is 4.79 Å². The molecule has 0 spiro atoms. The summed E-state index contributed by atoms with van der Waals surface area (Å²) < 4.78 is 5.64. The number of anilines is 1. The zero-order chi connectivity index (χ0) is 17.6. The Morgan fingerprint density at radius 2 is 1.92 bits per heavy atom. The van der Waals surface area contributed by atoms with E-state index in [0.29, 0.717) is 22.4 Å². The third-order valence-electron chi connectivity index (χ3n) is 3.25. The molecule has 7 heteroatoms. The van der Waals surface area contributed by atoms with E-state index in [1.165, 1.54) is 11.3 Å². The van der Waals surface area contributed by atoms with Crippen LogP contribution in [0.4, 0.5) is 5.69 Å². The van der Waals surface area contributed by atoms with Crippen molar-refractivity contribution in [1.29, 1.82) is 0 Å². The molecule has 1 amide bonds. The van der Waals surface area contributed by atoms with Crippen LogP contribution < -0.4 is 10.1 Å². The zero-order valence-electron chi connectivity index (χ0n) is 13.0. The molecule has 0 bridgehead atoms. The van der Waals surface area contributed by atoms with Crippen LogP contribution in [0, 0.1) is 0 Å². The van der Waals surface area contributed by atoms with Gasteiger partial charge in [0, 0.05) is 17.1 Å². The van der Waals surface area contributed by atoms with E-state index in [4.69, 9.17) is 27.9 Å². The first-order valence-electron chi connectivity index (χ1n) is 7.46. The molecule has 1 aromatic heterocycles. The van der Waals surface area contributed by atoms with Crippen LogP contribution in [0.15, 0.2) is 53.9 Å². The molecule has 0 fully saturated rings. The highest BCUT2D eigenvalue weighted by atomic mass is 35.5. The van der Waals surface area contributed by atoms with E-state index >= 15 is 0 Å². The Bertz CT molecular complexity index is 869. The second-order valence-electron chi connectivity index (χ2n) is 5.19. The van der Waals surface area contributed by atoms with Gasteiger partial charge in [0.15, 0.2) is 0 Å². The van der Waals surface area contributed by atoms with Crippen molar-refractivity contribution in [2.75, 3.05) is 5.32 Å². The van der Waals surface area contributed by atoms with Gasteiger partial charge in [-0.25, -0.2) is 4.98 Å². The van der Waals surface area contributed by atoms with E-state index in [0.717, 1.165) is 16.4 Å². The van der Waals surface area contributed by atoms with Crippen molar-refractivity contribution in [2.45, 2.75) is 13.0 Å². The summed E-state index contributed by atoms with van der Waals surface area (Å²) in [6, 6.07) is 14.4. The van der Waals surface area contributed by atoms with Crippen LogP contribution in [0.5, 0.6) is 5.75 Å². The molecule has 0 aliphatic rings. The molecule has 1 heterocycles. The number of ether oxygens (including phenoxy) is 1. The number of nitrogens with one attached hydrogen (secondary N) is 1. The number of benzene rings is 2. The number of para-hydroxylation sites is 1. The Kier molecular flexibility index (Phi) is 5.91. The summed E-state index contributed by atoms with van der Waals surface area (Å²) in [6.45, 7) is 0.300. The zero-order valence-corrected chi connectivity index (χ0v) is 15.4. The number of carbonyl (C=O) groups excluding carboxylic acids is 1. The van der Waals surface area contributed by atoms with Gasteiger partial charge in [-0.05, 0) is 24.3 Å². The van der Waals surface area contributed by atoms with E-state index in [2.05, 4.69) is 10.3 Å². The van der Waals surface area contributed by atoms with E-state index < -0.39 is 0 Å². The Labute approximate surface area is 159 Å². The Morgan fingerprint density at radius 1 is 1.12 bits per heavy atom. The predicted octanol–water partition coefficient (Wildman–Crippen LogP) is 5.21. The SMILES string of the molecule is O=C(Cc1nc(COc2ccc(Cl)c(Cl)c2)cs1)Nc1ccccc1. The molecule has 3 aromatic rings. The molecule has 128 valence electrons. The minimum atomic E-state index is -0.0995. The quantitative estimate of drug-likeness (QED) is 0.626. The molecule has 1 N–H and O–H groups in total. The fourth-order valence-corrected chi connectivity index (χ4v) is 3.15. The van der Waals surface area contributed by atoms with Gasteiger partial charge in [0.05, 0.1) is 22.2 Å². The summed E-state index contributed by atoms with van der Waals surface area (Å²) in [5.41, 5.74) is 1.53. The van der Waals surface area contributed by atoms with Gasteiger partial charge in [-0.1, -0.05) is 41.4 Å². The molecule has 0 saturated heterocycles. The fourth-order valence-electron chi connectivity index (χ4n) is 2.08. The molecule has 0 radical (unpaired) electrons. The third kappa shape index (κ3) is 5.19. The monoisotopic (exact) mass is 392 g/mol. The molecule has 3 rings (SSSR count). The summed E-state index contributed by atoms with van der Waals surface area (Å²) >= 11 is 13.3. The van der Waals surface area contributed by atoms with E-state index in [-0.39, 0.29) is 12.3 Å². The summed E-state index contributed by atoms with van der Waals surface area (Å²) in [4.78, 5) is 16.5. The molecule has 0 aliphatic heterocycles. The van der Waals surface area contributed by atoms with Gasteiger partial charge >= 0.3 is 0 Å². The lowest BCUT2D eigenvalue weighted by molar-refractivity contribution is -0.115. The highest BCUT2D eigenvalue weighted by molar-refractivity contribution is 7.09. The first kappa shape index (κ1) is 17.7. The largest absolute Gasteiger partial charge is 0.487 e. The van der Waals surface area contributed by atoms with E-state index in [1.807, 2.05) is 35.7 Å². The molecule has 0 unspecified atom stereocenters. The number of halogens is 2. The average Bonchev–Trinajstić information content (AvgIpc) is 3.04. The normalized spacial score (nSPS) is 10.5. The highest BCUT2D eigenvalue weighted by Gasteiger charge is 2.09. The summed E-state index contributed by atoms with van der Waals surface area (Å²) in [7, 11) is 0. The van der Waals surface area contributed by atoms with Gasteiger partial charge in [0.25, 0.3) is 0 Å². The number of rotatable bonds is 6. The summed E-state index contributed by atoms with van der Waals surface area (Å²) in [5, 5.41) is 6.37. The summed E-state index contributed by atoms with van der Waals surface area (Å²) in [5.74, 6) is 0.517. The van der Waals surface area contributed by atoms with Crippen LogP contribution >= 0.6 is 34.5 Å². The number of aromatic nitrogens is 1.